The zero-order valence-electron chi connectivity index (χ0n) is 11.7. The summed E-state index contributed by atoms with van der Waals surface area (Å²) in [6.45, 7) is 3.80. The lowest BCUT2D eigenvalue weighted by Gasteiger charge is -2.43. The summed E-state index contributed by atoms with van der Waals surface area (Å²) in [5.74, 6) is 1.14. The van der Waals surface area contributed by atoms with Crippen molar-refractivity contribution in [2.75, 3.05) is 7.11 Å². The third kappa shape index (κ3) is 2.61. The summed E-state index contributed by atoms with van der Waals surface area (Å²) in [5.41, 5.74) is 0.203. The largest absolute Gasteiger partial charge is 0.432 e. The first-order valence-corrected chi connectivity index (χ1v) is 6.98. The minimum atomic E-state index is -0.207. The second-order valence-corrected chi connectivity index (χ2v) is 5.85. The number of hydrogen-bond donors (Lipinski definition) is 0. The van der Waals surface area contributed by atoms with Gasteiger partial charge in [-0.05, 0) is 31.3 Å². The Bertz CT molecular complexity index is 348. The van der Waals surface area contributed by atoms with E-state index in [1.807, 2.05) is 7.11 Å². The minimum Gasteiger partial charge on any atom is -0.432 e. The topological polar surface area (TPSA) is 35.5 Å². The smallest absolute Gasteiger partial charge is 0.307 e. The Kier molecular flexibility index (Phi) is 4.10. The fraction of sp³-hybridized carbons (Fsp3) is 0.800. The van der Waals surface area contributed by atoms with Crippen molar-refractivity contribution in [1.29, 1.82) is 0 Å². The number of methoxy groups -OCH3 is 1. The van der Waals surface area contributed by atoms with E-state index in [1.165, 1.54) is 26.2 Å². The number of ether oxygens (including phenoxy) is 2. The molecular formula is C15H24O3. The Hall–Kier alpha value is -0.830. The average molecular weight is 252 g/mol. The van der Waals surface area contributed by atoms with Crippen LogP contribution in [0.15, 0.2) is 11.8 Å². The maximum absolute atomic E-state index is 11.1. The van der Waals surface area contributed by atoms with Gasteiger partial charge < -0.3 is 9.47 Å². The molecule has 0 saturated heterocycles. The molecular weight excluding hydrogens is 228 g/mol. The molecule has 0 bridgehead atoms. The maximum Gasteiger partial charge on any atom is 0.307 e. The summed E-state index contributed by atoms with van der Waals surface area (Å²) in [6, 6.07) is 0. The van der Waals surface area contributed by atoms with Gasteiger partial charge in [-0.15, -0.1) is 0 Å². The van der Waals surface area contributed by atoms with Gasteiger partial charge in [-0.1, -0.05) is 19.8 Å². The van der Waals surface area contributed by atoms with Crippen molar-refractivity contribution < 1.29 is 14.3 Å². The molecule has 3 heteroatoms. The Balaban J connectivity index is 2.20. The molecule has 0 unspecified atom stereocenters. The molecule has 0 spiro atoms. The molecule has 0 amide bonds. The summed E-state index contributed by atoms with van der Waals surface area (Å²) < 4.78 is 11.0. The second kappa shape index (κ2) is 5.43. The van der Waals surface area contributed by atoms with Gasteiger partial charge in [0.15, 0.2) is 0 Å². The van der Waals surface area contributed by atoms with Crippen LogP contribution in [0.25, 0.3) is 0 Å². The molecule has 1 fully saturated rings. The number of carbonyl (C=O) groups is 1. The van der Waals surface area contributed by atoms with E-state index in [0.29, 0.717) is 12.0 Å². The van der Waals surface area contributed by atoms with Crippen LogP contribution in [0.5, 0.6) is 0 Å². The van der Waals surface area contributed by atoms with E-state index in [2.05, 4.69) is 13.0 Å². The number of esters is 1. The van der Waals surface area contributed by atoms with Gasteiger partial charge in [-0.25, -0.2) is 0 Å². The lowest BCUT2D eigenvalue weighted by molar-refractivity contribution is -0.137. The van der Waals surface area contributed by atoms with Gasteiger partial charge in [0.05, 0.1) is 6.10 Å². The van der Waals surface area contributed by atoms with E-state index < -0.39 is 0 Å². The molecule has 1 saturated carbocycles. The third-order valence-electron chi connectivity index (χ3n) is 4.67. The van der Waals surface area contributed by atoms with Gasteiger partial charge in [0.2, 0.25) is 0 Å². The first-order chi connectivity index (χ1) is 8.56. The van der Waals surface area contributed by atoms with Gasteiger partial charge in [-0.2, -0.15) is 0 Å². The molecule has 0 radical (unpaired) electrons. The third-order valence-corrected chi connectivity index (χ3v) is 4.67. The number of allylic oxidation sites excluding steroid dienone is 2. The molecule has 2 aliphatic rings. The summed E-state index contributed by atoms with van der Waals surface area (Å²) in [5, 5.41) is 0. The zero-order valence-corrected chi connectivity index (χ0v) is 11.7. The Morgan fingerprint density at radius 3 is 2.78 bits per heavy atom. The highest BCUT2D eigenvalue weighted by atomic mass is 16.5. The fourth-order valence-corrected chi connectivity index (χ4v) is 3.57. The molecule has 102 valence electrons. The van der Waals surface area contributed by atoms with E-state index in [4.69, 9.17) is 9.47 Å². The summed E-state index contributed by atoms with van der Waals surface area (Å²) in [6.07, 6.45) is 9.23. The predicted molar refractivity (Wildman–Crippen MR) is 69.9 cm³/mol. The Labute approximate surface area is 110 Å². The first-order valence-electron chi connectivity index (χ1n) is 6.98. The molecule has 18 heavy (non-hydrogen) atoms. The molecule has 2 aliphatic carbocycles. The number of rotatable bonds is 2. The second-order valence-electron chi connectivity index (χ2n) is 5.85. The van der Waals surface area contributed by atoms with Crippen molar-refractivity contribution in [1.82, 2.24) is 0 Å². The SMILES string of the molecule is CO[C@H]1CCCC[C@H]2C=C(OC(C)=O)CC[C@@]21C. The lowest BCUT2D eigenvalue weighted by atomic mass is 9.66. The van der Waals surface area contributed by atoms with E-state index in [-0.39, 0.29) is 11.4 Å². The van der Waals surface area contributed by atoms with Crippen molar-refractivity contribution in [2.24, 2.45) is 11.3 Å². The average Bonchev–Trinajstić information content (AvgIpc) is 2.47. The van der Waals surface area contributed by atoms with Crippen molar-refractivity contribution in [3.63, 3.8) is 0 Å². The van der Waals surface area contributed by atoms with E-state index in [0.717, 1.165) is 25.0 Å². The van der Waals surface area contributed by atoms with Gasteiger partial charge in [0.25, 0.3) is 0 Å². The van der Waals surface area contributed by atoms with E-state index in [1.54, 1.807) is 0 Å². The monoisotopic (exact) mass is 252 g/mol. The molecule has 3 atom stereocenters. The van der Waals surface area contributed by atoms with Crippen LogP contribution in [0, 0.1) is 11.3 Å². The number of fused-ring (bicyclic) bond motifs is 1. The number of hydrogen-bond acceptors (Lipinski definition) is 3. The highest BCUT2D eigenvalue weighted by Gasteiger charge is 2.44. The van der Waals surface area contributed by atoms with Gasteiger partial charge >= 0.3 is 5.97 Å². The van der Waals surface area contributed by atoms with Crippen LogP contribution in [0.3, 0.4) is 0 Å². The molecule has 3 nitrogen and oxygen atoms in total. The summed E-state index contributed by atoms with van der Waals surface area (Å²) in [4.78, 5) is 11.1. The van der Waals surface area contributed by atoms with Gasteiger partial charge in [0.1, 0.15) is 5.76 Å². The molecule has 2 rings (SSSR count). The highest BCUT2D eigenvalue weighted by Crippen LogP contribution is 2.49. The zero-order chi connectivity index (χ0) is 13.2. The molecule has 0 N–H and O–H groups in total. The summed E-state index contributed by atoms with van der Waals surface area (Å²) in [7, 11) is 1.82. The molecule has 0 heterocycles. The van der Waals surface area contributed by atoms with Gasteiger partial charge in [-0.3, -0.25) is 4.79 Å². The molecule has 0 aromatic carbocycles. The summed E-state index contributed by atoms with van der Waals surface area (Å²) >= 11 is 0. The highest BCUT2D eigenvalue weighted by molar-refractivity contribution is 5.67. The van der Waals surface area contributed by atoms with Crippen LogP contribution in [-0.2, 0) is 14.3 Å². The van der Waals surface area contributed by atoms with Crippen molar-refractivity contribution >= 4 is 5.97 Å². The van der Waals surface area contributed by atoms with Crippen LogP contribution in [0.1, 0.15) is 52.4 Å². The Morgan fingerprint density at radius 2 is 2.11 bits per heavy atom. The van der Waals surface area contributed by atoms with Crippen molar-refractivity contribution in [3.8, 4) is 0 Å². The van der Waals surface area contributed by atoms with Crippen LogP contribution < -0.4 is 0 Å². The van der Waals surface area contributed by atoms with E-state index in [9.17, 15) is 4.79 Å². The standard InChI is InChI=1S/C15H24O3/c1-11(16)18-13-8-9-15(2)12(10-13)6-4-5-7-14(15)17-3/h10,12,14H,4-9H2,1-3H3/t12-,14-,15-/m0/s1. The number of carbonyl (C=O) groups excluding carboxylic acids is 1. The van der Waals surface area contributed by atoms with Crippen molar-refractivity contribution in [2.45, 2.75) is 58.5 Å². The lowest BCUT2D eigenvalue weighted by Crippen LogP contribution is -2.40. The maximum atomic E-state index is 11.1. The van der Waals surface area contributed by atoms with Gasteiger partial charge in [0, 0.05) is 25.9 Å². The van der Waals surface area contributed by atoms with Crippen LogP contribution in [-0.4, -0.2) is 19.2 Å². The van der Waals surface area contributed by atoms with Crippen LogP contribution >= 0.6 is 0 Å². The minimum absolute atomic E-state index is 0.203. The van der Waals surface area contributed by atoms with E-state index >= 15 is 0 Å². The molecule has 0 aromatic rings. The van der Waals surface area contributed by atoms with Crippen LogP contribution in [0.4, 0.5) is 0 Å². The first kappa shape index (κ1) is 13.6. The Morgan fingerprint density at radius 1 is 1.39 bits per heavy atom. The molecule has 0 aromatic heterocycles. The van der Waals surface area contributed by atoms with Crippen LogP contribution in [0.2, 0.25) is 0 Å². The predicted octanol–water partition coefficient (Wildman–Crippen LogP) is 3.44. The molecule has 0 aliphatic heterocycles. The van der Waals surface area contributed by atoms with Crippen molar-refractivity contribution in [3.05, 3.63) is 11.8 Å². The fourth-order valence-electron chi connectivity index (χ4n) is 3.57. The normalized spacial score (nSPS) is 36.3. The quantitative estimate of drug-likeness (QED) is 0.706.